The van der Waals surface area contributed by atoms with E-state index in [1.54, 1.807) is 11.3 Å². The Morgan fingerprint density at radius 3 is 2.46 bits per heavy atom. The van der Waals surface area contributed by atoms with E-state index in [0.717, 1.165) is 23.4 Å². The van der Waals surface area contributed by atoms with Gasteiger partial charge in [-0.3, -0.25) is 5.01 Å². The number of hydrogen-bond donors (Lipinski definition) is 0. The minimum atomic E-state index is -0.228. The second-order valence-corrected chi connectivity index (χ2v) is 7.00. The number of benzene rings is 2. The van der Waals surface area contributed by atoms with Gasteiger partial charge in [0.2, 0.25) is 0 Å². The van der Waals surface area contributed by atoms with E-state index in [9.17, 15) is 4.39 Å². The molecule has 0 saturated heterocycles. The summed E-state index contributed by atoms with van der Waals surface area (Å²) in [5.74, 6) is -0.228. The highest BCUT2D eigenvalue weighted by Gasteiger charge is 2.30. The van der Waals surface area contributed by atoms with Gasteiger partial charge >= 0.3 is 0 Å². The molecule has 2 aromatic carbocycles. The van der Waals surface area contributed by atoms with E-state index in [0.29, 0.717) is 5.02 Å². The molecule has 0 spiro atoms. The monoisotopic (exact) mass is 356 g/mol. The van der Waals surface area contributed by atoms with Crippen molar-refractivity contribution in [3.05, 3.63) is 87.3 Å². The quantitative estimate of drug-likeness (QED) is 0.570. The van der Waals surface area contributed by atoms with Gasteiger partial charge in [-0.2, -0.15) is 5.10 Å². The first-order chi connectivity index (χ1) is 11.7. The van der Waals surface area contributed by atoms with Crippen LogP contribution in [0.5, 0.6) is 0 Å². The molecule has 0 aliphatic carbocycles. The maximum absolute atomic E-state index is 13.3. The fourth-order valence-electron chi connectivity index (χ4n) is 2.88. The topological polar surface area (TPSA) is 15.6 Å². The molecule has 2 nitrogen and oxygen atoms in total. The third-order valence-electron chi connectivity index (χ3n) is 4.06. The fraction of sp³-hybridized carbons (Fsp3) is 0.105. The van der Waals surface area contributed by atoms with Gasteiger partial charge in [0.25, 0.3) is 0 Å². The lowest BCUT2D eigenvalue weighted by atomic mass is 10.0. The lowest BCUT2D eigenvalue weighted by Gasteiger charge is -2.24. The molecule has 0 radical (unpaired) electrons. The predicted molar refractivity (Wildman–Crippen MR) is 98.5 cm³/mol. The van der Waals surface area contributed by atoms with E-state index in [1.807, 2.05) is 47.5 Å². The third-order valence-corrected chi connectivity index (χ3v) is 5.23. The van der Waals surface area contributed by atoms with Gasteiger partial charge in [0.1, 0.15) is 5.82 Å². The summed E-state index contributed by atoms with van der Waals surface area (Å²) >= 11 is 7.69. The van der Waals surface area contributed by atoms with Crippen molar-refractivity contribution >= 4 is 34.3 Å². The van der Waals surface area contributed by atoms with Crippen molar-refractivity contribution in [1.29, 1.82) is 0 Å². The maximum Gasteiger partial charge on any atom is 0.123 e. The molecule has 1 aromatic heterocycles. The van der Waals surface area contributed by atoms with Crippen LogP contribution in [-0.2, 0) is 0 Å². The van der Waals surface area contributed by atoms with Crippen LogP contribution >= 0.6 is 22.9 Å². The number of hydrazone groups is 1. The highest BCUT2D eigenvalue weighted by Crippen LogP contribution is 2.37. The van der Waals surface area contributed by atoms with Gasteiger partial charge in [0.05, 0.1) is 22.3 Å². The maximum atomic E-state index is 13.3. The summed E-state index contributed by atoms with van der Waals surface area (Å²) in [6, 6.07) is 18.4. The van der Waals surface area contributed by atoms with Crippen molar-refractivity contribution in [3.63, 3.8) is 0 Å². The van der Waals surface area contributed by atoms with Crippen LogP contribution in [-0.4, -0.2) is 5.71 Å². The highest BCUT2D eigenvalue weighted by atomic mass is 35.5. The van der Waals surface area contributed by atoms with E-state index in [1.165, 1.54) is 17.0 Å². The number of halogens is 2. The number of hydrogen-bond acceptors (Lipinski definition) is 3. The summed E-state index contributed by atoms with van der Waals surface area (Å²) in [4.78, 5) is 1.17. The summed E-state index contributed by atoms with van der Waals surface area (Å²) in [7, 11) is 0. The number of nitrogens with zero attached hydrogens (tertiary/aromatic N) is 2. The minimum Gasteiger partial charge on any atom is -0.257 e. The van der Waals surface area contributed by atoms with Crippen LogP contribution in [0.1, 0.15) is 22.9 Å². The molecule has 0 amide bonds. The van der Waals surface area contributed by atoms with Gasteiger partial charge in [-0.05, 0) is 53.4 Å². The Bertz CT molecular complexity index is 857. The molecule has 0 fully saturated rings. The normalized spacial score (nSPS) is 17.2. The Kier molecular flexibility index (Phi) is 4.08. The first-order valence-corrected chi connectivity index (χ1v) is 8.88. The first kappa shape index (κ1) is 15.4. The van der Waals surface area contributed by atoms with E-state index < -0.39 is 0 Å². The van der Waals surface area contributed by atoms with Crippen molar-refractivity contribution < 1.29 is 4.39 Å². The second kappa shape index (κ2) is 6.38. The molecule has 2 heterocycles. The van der Waals surface area contributed by atoms with E-state index in [2.05, 4.69) is 11.4 Å². The van der Waals surface area contributed by atoms with Crippen LogP contribution in [0, 0.1) is 5.82 Å². The minimum absolute atomic E-state index is 0.0453. The van der Waals surface area contributed by atoms with Crippen molar-refractivity contribution in [2.45, 2.75) is 12.5 Å². The molecule has 24 heavy (non-hydrogen) atoms. The summed E-state index contributed by atoms with van der Waals surface area (Å²) in [5.41, 5.74) is 3.07. The Morgan fingerprint density at radius 1 is 1.04 bits per heavy atom. The Labute approximate surface area is 148 Å². The molecule has 1 atom stereocenters. The number of rotatable bonds is 3. The molecule has 120 valence electrons. The van der Waals surface area contributed by atoms with Crippen molar-refractivity contribution in [3.8, 4) is 0 Å². The van der Waals surface area contributed by atoms with E-state index in [-0.39, 0.29) is 11.9 Å². The largest absolute Gasteiger partial charge is 0.257 e. The van der Waals surface area contributed by atoms with Gasteiger partial charge in [-0.25, -0.2) is 4.39 Å². The molecule has 0 N–H and O–H groups in total. The zero-order valence-corrected chi connectivity index (χ0v) is 14.3. The lowest BCUT2D eigenvalue weighted by Crippen LogP contribution is -2.18. The van der Waals surface area contributed by atoms with E-state index in [4.69, 9.17) is 16.7 Å². The highest BCUT2D eigenvalue weighted by molar-refractivity contribution is 7.12. The molecular weight excluding hydrogens is 343 g/mol. The van der Waals surface area contributed by atoms with Crippen LogP contribution in [0.4, 0.5) is 10.1 Å². The molecule has 1 aliphatic rings. The molecule has 0 saturated carbocycles. The van der Waals surface area contributed by atoms with Gasteiger partial charge < -0.3 is 0 Å². The lowest BCUT2D eigenvalue weighted by molar-refractivity contribution is 0.624. The SMILES string of the molecule is Fc1ccc(C2CC(c3cccs3)=NN2c2ccc(Cl)cc2)cc1. The average Bonchev–Trinajstić information content (AvgIpc) is 3.26. The molecule has 4 rings (SSSR count). The number of thiophene rings is 1. The molecule has 1 unspecified atom stereocenters. The third kappa shape index (κ3) is 2.95. The summed E-state index contributed by atoms with van der Waals surface area (Å²) in [5, 5.41) is 9.58. The average molecular weight is 357 g/mol. The van der Waals surface area contributed by atoms with Gasteiger partial charge in [-0.15, -0.1) is 11.3 Å². The molecule has 3 aromatic rings. The zero-order valence-electron chi connectivity index (χ0n) is 12.7. The second-order valence-electron chi connectivity index (χ2n) is 5.62. The summed E-state index contributed by atoms with van der Waals surface area (Å²) in [6.07, 6.45) is 0.786. The predicted octanol–water partition coefficient (Wildman–Crippen LogP) is 5.90. The Hall–Kier alpha value is -2.17. The first-order valence-electron chi connectivity index (χ1n) is 7.62. The molecule has 1 aliphatic heterocycles. The van der Waals surface area contributed by atoms with Crippen LogP contribution in [0.25, 0.3) is 0 Å². The van der Waals surface area contributed by atoms with Crippen LogP contribution in [0.2, 0.25) is 5.02 Å². The number of anilines is 1. The smallest absolute Gasteiger partial charge is 0.123 e. The summed E-state index contributed by atoms with van der Waals surface area (Å²) in [6.45, 7) is 0. The van der Waals surface area contributed by atoms with E-state index >= 15 is 0 Å². The summed E-state index contributed by atoms with van der Waals surface area (Å²) < 4.78 is 13.3. The standard InChI is InChI=1S/C19H14ClFN2S/c20-14-5-9-16(10-6-14)23-18(13-3-7-15(21)8-4-13)12-17(22-23)19-2-1-11-24-19/h1-11,18H,12H2. The molecule has 5 heteroatoms. The van der Waals surface area contributed by atoms with Crippen LogP contribution in [0.3, 0.4) is 0 Å². The van der Waals surface area contributed by atoms with Crippen LogP contribution in [0.15, 0.2) is 71.1 Å². The Balaban J connectivity index is 1.74. The van der Waals surface area contributed by atoms with Gasteiger partial charge in [-0.1, -0.05) is 29.8 Å². The molecular formula is C19H14ClFN2S. The van der Waals surface area contributed by atoms with Gasteiger partial charge in [0.15, 0.2) is 0 Å². The fourth-order valence-corrected chi connectivity index (χ4v) is 3.73. The van der Waals surface area contributed by atoms with Gasteiger partial charge in [0, 0.05) is 11.4 Å². The van der Waals surface area contributed by atoms with Crippen molar-refractivity contribution in [2.75, 3.05) is 5.01 Å². The zero-order chi connectivity index (χ0) is 16.5. The Morgan fingerprint density at radius 2 is 1.79 bits per heavy atom. The van der Waals surface area contributed by atoms with Crippen molar-refractivity contribution in [1.82, 2.24) is 0 Å². The van der Waals surface area contributed by atoms with Crippen LogP contribution < -0.4 is 5.01 Å². The van der Waals surface area contributed by atoms with Crippen molar-refractivity contribution in [2.24, 2.45) is 5.10 Å². The molecule has 0 bridgehead atoms.